The second-order valence-corrected chi connectivity index (χ2v) is 4.77. The van der Waals surface area contributed by atoms with E-state index < -0.39 is 0 Å². The van der Waals surface area contributed by atoms with Crippen molar-refractivity contribution in [3.05, 3.63) is 34.9 Å². The third-order valence-electron chi connectivity index (χ3n) is 3.03. The number of benzene rings is 1. The van der Waals surface area contributed by atoms with E-state index in [0.717, 1.165) is 11.6 Å². The molecule has 0 heterocycles. The number of hydrogen-bond acceptors (Lipinski definition) is 1. The molecule has 1 aromatic rings. The van der Waals surface area contributed by atoms with Crippen LogP contribution >= 0.6 is 11.6 Å². The molecule has 2 heteroatoms. The van der Waals surface area contributed by atoms with Crippen molar-refractivity contribution in [1.82, 2.24) is 0 Å². The Balaban J connectivity index is 2.44. The van der Waals surface area contributed by atoms with Crippen LogP contribution in [0, 0.1) is 0 Å². The number of nitrogens with two attached hydrogens (primary N) is 1. The molecule has 0 aliphatic carbocycles. The summed E-state index contributed by atoms with van der Waals surface area (Å²) in [6.45, 7) is 2.97. The molecule has 0 fully saturated rings. The minimum absolute atomic E-state index is 0.495. The SMILES string of the molecule is CCCCCCC(CN)c1ccc(Cl)cc1. The number of rotatable bonds is 7. The Bertz CT molecular complexity index is 281. The fraction of sp³-hybridized carbons (Fsp3) is 0.571. The molecule has 1 rings (SSSR count). The van der Waals surface area contributed by atoms with E-state index in [1.165, 1.54) is 37.7 Å². The molecule has 0 aliphatic heterocycles. The molecule has 1 atom stereocenters. The van der Waals surface area contributed by atoms with Crippen molar-refractivity contribution in [3.8, 4) is 0 Å². The molecule has 1 unspecified atom stereocenters. The molecule has 90 valence electrons. The first kappa shape index (κ1) is 13.5. The van der Waals surface area contributed by atoms with Crippen LogP contribution in [0.5, 0.6) is 0 Å². The second kappa shape index (κ2) is 7.70. The molecule has 0 saturated heterocycles. The van der Waals surface area contributed by atoms with Crippen molar-refractivity contribution >= 4 is 11.6 Å². The second-order valence-electron chi connectivity index (χ2n) is 4.33. The van der Waals surface area contributed by atoms with Crippen LogP contribution in [0.15, 0.2) is 24.3 Å². The van der Waals surface area contributed by atoms with Crippen molar-refractivity contribution in [3.63, 3.8) is 0 Å². The molecule has 0 radical (unpaired) electrons. The maximum absolute atomic E-state index is 5.87. The van der Waals surface area contributed by atoms with Crippen LogP contribution in [0.4, 0.5) is 0 Å². The molecule has 0 spiro atoms. The van der Waals surface area contributed by atoms with Crippen molar-refractivity contribution in [2.45, 2.75) is 44.9 Å². The standard InChI is InChI=1S/C14H22ClN/c1-2-3-4-5-6-13(11-16)12-7-9-14(15)10-8-12/h7-10,13H,2-6,11,16H2,1H3. The summed E-state index contributed by atoms with van der Waals surface area (Å²) < 4.78 is 0. The molecule has 2 N–H and O–H groups in total. The van der Waals surface area contributed by atoms with Gasteiger partial charge in [0.15, 0.2) is 0 Å². The summed E-state index contributed by atoms with van der Waals surface area (Å²) in [5.41, 5.74) is 7.15. The average molecular weight is 240 g/mol. The minimum Gasteiger partial charge on any atom is -0.330 e. The van der Waals surface area contributed by atoms with Crippen molar-refractivity contribution in [1.29, 1.82) is 0 Å². The molecule has 1 nitrogen and oxygen atoms in total. The van der Waals surface area contributed by atoms with Gasteiger partial charge in [0.2, 0.25) is 0 Å². The third kappa shape index (κ3) is 4.54. The van der Waals surface area contributed by atoms with Gasteiger partial charge in [-0.05, 0) is 36.6 Å². The van der Waals surface area contributed by atoms with E-state index in [9.17, 15) is 0 Å². The van der Waals surface area contributed by atoms with E-state index in [1.54, 1.807) is 0 Å². The highest BCUT2D eigenvalue weighted by Gasteiger charge is 2.08. The monoisotopic (exact) mass is 239 g/mol. The molecule has 0 amide bonds. The van der Waals surface area contributed by atoms with Crippen LogP contribution in [0.2, 0.25) is 5.02 Å². The van der Waals surface area contributed by atoms with Crippen LogP contribution in [-0.2, 0) is 0 Å². The maximum Gasteiger partial charge on any atom is 0.0406 e. The Labute approximate surface area is 104 Å². The largest absolute Gasteiger partial charge is 0.330 e. The van der Waals surface area contributed by atoms with Crippen LogP contribution < -0.4 is 5.73 Å². The summed E-state index contributed by atoms with van der Waals surface area (Å²) >= 11 is 5.87. The Morgan fingerprint density at radius 3 is 2.38 bits per heavy atom. The van der Waals surface area contributed by atoms with Crippen molar-refractivity contribution in [2.24, 2.45) is 5.73 Å². The highest BCUT2D eigenvalue weighted by Crippen LogP contribution is 2.23. The predicted molar refractivity (Wildman–Crippen MR) is 72.0 cm³/mol. The van der Waals surface area contributed by atoms with E-state index in [1.807, 2.05) is 12.1 Å². The fourth-order valence-electron chi connectivity index (χ4n) is 1.97. The summed E-state index contributed by atoms with van der Waals surface area (Å²) in [6, 6.07) is 8.09. The van der Waals surface area contributed by atoms with E-state index in [-0.39, 0.29) is 0 Å². The molecular weight excluding hydrogens is 218 g/mol. The van der Waals surface area contributed by atoms with Gasteiger partial charge in [0.25, 0.3) is 0 Å². The Morgan fingerprint density at radius 2 is 1.81 bits per heavy atom. The summed E-state index contributed by atoms with van der Waals surface area (Å²) in [5, 5.41) is 0.797. The molecular formula is C14H22ClN. The minimum atomic E-state index is 0.495. The summed E-state index contributed by atoms with van der Waals surface area (Å²) in [7, 11) is 0. The fourth-order valence-corrected chi connectivity index (χ4v) is 2.10. The van der Waals surface area contributed by atoms with Gasteiger partial charge in [0, 0.05) is 5.02 Å². The lowest BCUT2D eigenvalue weighted by Gasteiger charge is -2.15. The summed E-state index contributed by atoms with van der Waals surface area (Å²) in [5.74, 6) is 0.495. The lowest BCUT2D eigenvalue weighted by atomic mass is 9.93. The quantitative estimate of drug-likeness (QED) is 0.704. The molecule has 0 aliphatic rings. The van der Waals surface area contributed by atoms with Gasteiger partial charge >= 0.3 is 0 Å². The molecule has 0 saturated carbocycles. The topological polar surface area (TPSA) is 26.0 Å². The van der Waals surface area contributed by atoms with E-state index in [2.05, 4.69) is 19.1 Å². The number of hydrogen-bond donors (Lipinski definition) is 1. The Kier molecular flexibility index (Phi) is 6.51. The number of unbranched alkanes of at least 4 members (excludes halogenated alkanes) is 3. The summed E-state index contributed by atoms with van der Waals surface area (Å²) in [6.07, 6.45) is 6.41. The Hall–Kier alpha value is -0.530. The van der Waals surface area contributed by atoms with Gasteiger partial charge in [-0.2, -0.15) is 0 Å². The maximum atomic E-state index is 5.87. The van der Waals surface area contributed by atoms with Crippen LogP contribution in [-0.4, -0.2) is 6.54 Å². The predicted octanol–water partition coefficient (Wildman–Crippen LogP) is 4.35. The highest BCUT2D eigenvalue weighted by molar-refractivity contribution is 6.30. The first-order chi connectivity index (χ1) is 7.77. The van der Waals surface area contributed by atoms with Gasteiger partial charge in [-0.1, -0.05) is 56.3 Å². The van der Waals surface area contributed by atoms with Crippen molar-refractivity contribution in [2.75, 3.05) is 6.54 Å². The highest BCUT2D eigenvalue weighted by atomic mass is 35.5. The van der Waals surface area contributed by atoms with E-state index >= 15 is 0 Å². The van der Waals surface area contributed by atoms with Crippen LogP contribution in [0.25, 0.3) is 0 Å². The lowest BCUT2D eigenvalue weighted by Crippen LogP contribution is -2.12. The molecule has 0 bridgehead atoms. The summed E-state index contributed by atoms with van der Waals surface area (Å²) in [4.78, 5) is 0. The van der Waals surface area contributed by atoms with Crippen LogP contribution in [0.1, 0.15) is 50.5 Å². The zero-order valence-electron chi connectivity index (χ0n) is 10.1. The molecule has 0 aromatic heterocycles. The van der Waals surface area contributed by atoms with E-state index in [0.29, 0.717) is 5.92 Å². The van der Waals surface area contributed by atoms with Gasteiger partial charge in [-0.15, -0.1) is 0 Å². The third-order valence-corrected chi connectivity index (χ3v) is 3.28. The molecule has 16 heavy (non-hydrogen) atoms. The van der Waals surface area contributed by atoms with Crippen molar-refractivity contribution < 1.29 is 0 Å². The zero-order chi connectivity index (χ0) is 11.8. The first-order valence-electron chi connectivity index (χ1n) is 6.23. The lowest BCUT2D eigenvalue weighted by molar-refractivity contribution is 0.559. The average Bonchev–Trinajstić information content (AvgIpc) is 2.31. The van der Waals surface area contributed by atoms with Gasteiger partial charge in [-0.3, -0.25) is 0 Å². The first-order valence-corrected chi connectivity index (χ1v) is 6.61. The van der Waals surface area contributed by atoms with Crippen LogP contribution in [0.3, 0.4) is 0 Å². The van der Waals surface area contributed by atoms with E-state index in [4.69, 9.17) is 17.3 Å². The van der Waals surface area contributed by atoms with Gasteiger partial charge in [-0.25, -0.2) is 0 Å². The normalized spacial score (nSPS) is 12.7. The van der Waals surface area contributed by atoms with Gasteiger partial charge < -0.3 is 5.73 Å². The Morgan fingerprint density at radius 1 is 1.12 bits per heavy atom. The van der Waals surface area contributed by atoms with Gasteiger partial charge in [0.05, 0.1) is 0 Å². The number of halogens is 1. The smallest absolute Gasteiger partial charge is 0.0406 e. The molecule has 1 aromatic carbocycles. The van der Waals surface area contributed by atoms with Gasteiger partial charge in [0.1, 0.15) is 0 Å². The zero-order valence-corrected chi connectivity index (χ0v) is 10.8.